The zero-order valence-corrected chi connectivity index (χ0v) is 24.0. The van der Waals surface area contributed by atoms with Gasteiger partial charge < -0.3 is 33.2 Å². The Balaban J connectivity index is 1.18. The van der Waals surface area contributed by atoms with Crippen LogP contribution >= 0.6 is 11.6 Å². The molecule has 214 valence electrons. The second-order valence-electron chi connectivity index (χ2n) is 12.5. The summed E-state index contributed by atoms with van der Waals surface area (Å²) in [6.45, 7) is 13.4. The highest BCUT2D eigenvalue weighted by atomic mass is 35.5. The van der Waals surface area contributed by atoms with Crippen molar-refractivity contribution >= 4 is 28.7 Å². The summed E-state index contributed by atoms with van der Waals surface area (Å²) >= 11 is 6.31. The Kier molecular flexibility index (Phi) is 6.84. The van der Waals surface area contributed by atoms with Gasteiger partial charge in [-0.05, 0) is 60.1 Å². The van der Waals surface area contributed by atoms with E-state index in [1.54, 1.807) is 4.90 Å². The van der Waals surface area contributed by atoms with Crippen molar-refractivity contribution in [2.45, 2.75) is 89.0 Å². The predicted octanol–water partition coefficient (Wildman–Crippen LogP) is 3.60. The maximum absolute atomic E-state index is 12.8. The lowest BCUT2D eigenvalue weighted by Crippen LogP contribution is -2.61. The summed E-state index contributed by atoms with van der Waals surface area (Å²) in [5.74, 6) is -0.727. The predicted molar refractivity (Wildman–Crippen MR) is 142 cm³/mol. The highest BCUT2D eigenvalue weighted by Gasteiger charge is 2.56. The molecule has 0 bridgehead atoms. The van der Waals surface area contributed by atoms with Crippen LogP contribution in [0.5, 0.6) is 0 Å². The van der Waals surface area contributed by atoms with Crippen molar-refractivity contribution in [2.75, 3.05) is 39.3 Å². The molecule has 0 saturated carbocycles. The number of morpholine rings is 1. The molecule has 0 N–H and O–H groups in total. The molecule has 11 nitrogen and oxygen atoms in total. The van der Waals surface area contributed by atoms with Crippen LogP contribution < -0.4 is 0 Å². The van der Waals surface area contributed by atoms with Gasteiger partial charge in [-0.25, -0.2) is 14.8 Å². The maximum Gasteiger partial charge on any atom is 0.410 e. The molecule has 4 aliphatic heterocycles. The lowest BCUT2D eigenvalue weighted by atomic mass is 9.90. The Morgan fingerprint density at radius 1 is 1.18 bits per heavy atom. The Morgan fingerprint density at radius 3 is 2.77 bits per heavy atom. The highest BCUT2D eigenvalue weighted by molar-refractivity contribution is 6.33. The normalized spacial score (nSPS) is 33.1. The van der Waals surface area contributed by atoms with Crippen molar-refractivity contribution < 1.29 is 28.5 Å². The van der Waals surface area contributed by atoms with E-state index in [2.05, 4.69) is 14.9 Å². The van der Waals surface area contributed by atoms with Crippen molar-refractivity contribution in [3.63, 3.8) is 0 Å². The van der Waals surface area contributed by atoms with Gasteiger partial charge in [-0.3, -0.25) is 4.90 Å². The van der Waals surface area contributed by atoms with Gasteiger partial charge >= 0.3 is 6.09 Å². The molecule has 12 heteroatoms. The van der Waals surface area contributed by atoms with Crippen LogP contribution in [-0.4, -0.2) is 105 Å². The molecule has 4 aliphatic rings. The summed E-state index contributed by atoms with van der Waals surface area (Å²) in [6.07, 6.45) is 3.76. The molecule has 0 radical (unpaired) electrons. The lowest BCUT2D eigenvalue weighted by molar-refractivity contribution is -0.200. The first-order valence-corrected chi connectivity index (χ1v) is 14.1. The first-order chi connectivity index (χ1) is 18.4. The highest BCUT2D eigenvalue weighted by Crippen LogP contribution is 2.44. The van der Waals surface area contributed by atoms with E-state index in [9.17, 15) is 4.79 Å². The summed E-state index contributed by atoms with van der Waals surface area (Å²) in [4.78, 5) is 25.5. The van der Waals surface area contributed by atoms with Crippen LogP contribution in [0.25, 0.3) is 11.0 Å². The molecule has 4 saturated heterocycles. The molecular formula is C27H38ClN5O6. The summed E-state index contributed by atoms with van der Waals surface area (Å²) < 4.78 is 33.3. The summed E-state index contributed by atoms with van der Waals surface area (Å²) in [6, 6.07) is 1.90. The number of ether oxygens (including phenoxy) is 5. The molecule has 2 aromatic rings. The van der Waals surface area contributed by atoms with Crippen LogP contribution in [-0.2, 0) is 23.7 Å². The van der Waals surface area contributed by atoms with Gasteiger partial charge in [0.2, 0.25) is 0 Å². The molecular weight excluding hydrogens is 526 g/mol. The van der Waals surface area contributed by atoms with E-state index in [4.69, 9.17) is 35.3 Å². The fraction of sp³-hybridized carbons (Fsp3) is 0.741. The van der Waals surface area contributed by atoms with E-state index in [0.29, 0.717) is 43.6 Å². The molecule has 39 heavy (non-hydrogen) atoms. The minimum atomic E-state index is -0.727. The molecule has 0 aliphatic carbocycles. The number of piperidine rings is 1. The molecule has 4 fully saturated rings. The Bertz CT molecular complexity index is 1230. The number of aromatic nitrogens is 3. The minimum Gasteiger partial charge on any atom is -0.444 e. The van der Waals surface area contributed by atoms with Gasteiger partial charge in [0.25, 0.3) is 0 Å². The van der Waals surface area contributed by atoms with Gasteiger partial charge in [0, 0.05) is 25.8 Å². The fourth-order valence-corrected chi connectivity index (χ4v) is 6.54. The van der Waals surface area contributed by atoms with Crippen LogP contribution in [0.1, 0.15) is 53.7 Å². The van der Waals surface area contributed by atoms with Crippen molar-refractivity contribution in [3.05, 3.63) is 23.7 Å². The number of amides is 1. The van der Waals surface area contributed by atoms with Crippen LogP contribution in [0.2, 0.25) is 5.15 Å². The third-order valence-corrected chi connectivity index (χ3v) is 8.12. The number of halogens is 1. The van der Waals surface area contributed by atoms with Crippen molar-refractivity contribution in [1.29, 1.82) is 0 Å². The number of hydrogen-bond acceptors (Lipinski definition) is 9. The van der Waals surface area contributed by atoms with Gasteiger partial charge in [0.1, 0.15) is 41.0 Å². The third-order valence-electron chi connectivity index (χ3n) is 7.82. The fourth-order valence-electron chi connectivity index (χ4n) is 6.35. The van der Waals surface area contributed by atoms with Crippen molar-refractivity contribution in [3.8, 4) is 0 Å². The zero-order valence-electron chi connectivity index (χ0n) is 23.3. The van der Waals surface area contributed by atoms with Gasteiger partial charge in [-0.2, -0.15) is 0 Å². The van der Waals surface area contributed by atoms with E-state index >= 15 is 0 Å². The number of carbonyl (C=O) groups is 1. The summed E-state index contributed by atoms with van der Waals surface area (Å²) in [5.41, 5.74) is -0.267. The topological polar surface area (TPSA) is 100 Å². The van der Waals surface area contributed by atoms with E-state index in [1.165, 1.54) is 6.33 Å². The Morgan fingerprint density at radius 2 is 1.97 bits per heavy atom. The standard InChI is InChI=1S/C27H38ClN5O6/c1-25(2,3)39-24(34)32-11-12-35-27(15-32)8-6-9-31(14-27)13-18-19-20(38-26(4,5)37-19)23(36-18)33-10-7-17-21(28)29-16-30-22(17)33/h7,10,16,18-20,23H,6,8-9,11-15H2,1-5H3/t18-,19-,20-,23-,27?/m1/s1. The van der Waals surface area contributed by atoms with E-state index in [1.807, 2.05) is 51.4 Å². The molecule has 1 spiro atoms. The quantitative estimate of drug-likeness (QED) is 0.518. The largest absolute Gasteiger partial charge is 0.444 e. The van der Waals surface area contributed by atoms with E-state index in [0.717, 1.165) is 24.8 Å². The summed E-state index contributed by atoms with van der Waals surface area (Å²) in [5, 5.41) is 1.17. The van der Waals surface area contributed by atoms with Gasteiger partial charge in [0.15, 0.2) is 12.0 Å². The SMILES string of the molecule is CC(C)(C)OC(=O)N1CCOC2(CCCN(C[C@H]3O[C@@H](n4ccc5c(Cl)ncnc54)[C@@H]4OC(C)(C)O[C@@H]43)C2)C1. The monoisotopic (exact) mass is 563 g/mol. The third kappa shape index (κ3) is 5.37. The molecule has 6 heterocycles. The van der Waals surface area contributed by atoms with Crippen LogP contribution in [0.4, 0.5) is 4.79 Å². The molecule has 2 aromatic heterocycles. The summed E-state index contributed by atoms with van der Waals surface area (Å²) in [7, 11) is 0. The van der Waals surface area contributed by atoms with E-state index in [-0.39, 0.29) is 24.4 Å². The second kappa shape index (κ2) is 9.81. The molecule has 1 amide bonds. The second-order valence-corrected chi connectivity index (χ2v) is 12.9. The number of carbonyl (C=O) groups excluding carboxylic acids is 1. The van der Waals surface area contributed by atoms with Gasteiger partial charge in [0.05, 0.1) is 24.1 Å². The first kappa shape index (κ1) is 27.2. The molecule has 5 atom stereocenters. The lowest BCUT2D eigenvalue weighted by Gasteiger charge is -2.48. The maximum atomic E-state index is 12.8. The van der Waals surface area contributed by atoms with Crippen molar-refractivity contribution in [1.82, 2.24) is 24.3 Å². The van der Waals surface area contributed by atoms with Gasteiger partial charge in [-0.15, -0.1) is 0 Å². The number of hydrogen-bond donors (Lipinski definition) is 0. The minimum absolute atomic E-state index is 0.225. The smallest absolute Gasteiger partial charge is 0.410 e. The van der Waals surface area contributed by atoms with Gasteiger partial charge in [-0.1, -0.05) is 11.6 Å². The first-order valence-electron chi connectivity index (χ1n) is 13.7. The number of fused-ring (bicyclic) bond motifs is 2. The Labute approximate surface area is 233 Å². The number of nitrogens with zero attached hydrogens (tertiary/aromatic N) is 5. The molecule has 6 rings (SSSR count). The number of rotatable bonds is 3. The van der Waals surface area contributed by atoms with E-state index < -0.39 is 23.2 Å². The molecule has 0 aromatic carbocycles. The van der Waals surface area contributed by atoms with Crippen molar-refractivity contribution in [2.24, 2.45) is 0 Å². The molecule has 1 unspecified atom stereocenters. The Hall–Kier alpha value is -2.02. The zero-order chi connectivity index (χ0) is 27.6. The number of likely N-dealkylation sites (tertiary alicyclic amines) is 1. The average molecular weight is 564 g/mol. The van der Waals surface area contributed by atoms with Crippen LogP contribution in [0.15, 0.2) is 18.6 Å². The van der Waals surface area contributed by atoms with Crippen LogP contribution in [0.3, 0.4) is 0 Å². The van der Waals surface area contributed by atoms with Crippen LogP contribution in [0, 0.1) is 0 Å². The average Bonchev–Trinajstić information content (AvgIpc) is 3.50.